The smallest absolute Gasteiger partial charge is 0.0702 e. The van der Waals surface area contributed by atoms with Crippen LogP contribution in [-0.4, -0.2) is 62.2 Å². The van der Waals surface area contributed by atoms with E-state index in [1.807, 2.05) is 0 Å². The molecule has 0 bridgehead atoms. The van der Waals surface area contributed by atoms with Crippen molar-refractivity contribution in [3.8, 4) is 0 Å². The second kappa shape index (κ2) is 6.85. The van der Waals surface area contributed by atoms with Crippen molar-refractivity contribution in [2.24, 2.45) is 5.41 Å². The summed E-state index contributed by atoms with van der Waals surface area (Å²) in [5.74, 6) is 0. The molecule has 2 rings (SSSR count). The quantitative estimate of drug-likeness (QED) is 0.778. The minimum Gasteiger partial charge on any atom is -0.396 e. The summed E-state index contributed by atoms with van der Waals surface area (Å²) in [6.07, 6.45) is 4.85. The summed E-state index contributed by atoms with van der Waals surface area (Å²) in [5.41, 5.74) is -0.0212. The van der Waals surface area contributed by atoms with Crippen LogP contribution in [0.3, 0.4) is 0 Å². The number of ether oxygens (including phenoxy) is 2. The molecule has 2 aliphatic heterocycles. The van der Waals surface area contributed by atoms with E-state index in [2.05, 4.69) is 11.8 Å². The summed E-state index contributed by atoms with van der Waals surface area (Å²) >= 11 is 0. The van der Waals surface area contributed by atoms with Crippen molar-refractivity contribution in [2.45, 2.75) is 38.7 Å². The zero-order chi connectivity index (χ0) is 12.8. The Morgan fingerprint density at radius 2 is 2.39 bits per heavy atom. The molecule has 0 amide bonds. The Kier molecular flexibility index (Phi) is 5.42. The van der Waals surface area contributed by atoms with Gasteiger partial charge in [0.05, 0.1) is 19.3 Å². The first kappa shape index (κ1) is 14.3. The maximum Gasteiger partial charge on any atom is 0.0702 e. The zero-order valence-electron chi connectivity index (χ0n) is 11.6. The number of hydrogen-bond acceptors (Lipinski definition) is 4. The molecule has 2 unspecified atom stereocenters. The van der Waals surface area contributed by atoms with Gasteiger partial charge in [-0.3, -0.25) is 0 Å². The molecule has 1 N–H and O–H groups in total. The molecular formula is C14H27NO3. The van der Waals surface area contributed by atoms with Gasteiger partial charge in [-0.2, -0.15) is 0 Å². The maximum atomic E-state index is 9.62. The Balaban J connectivity index is 1.81. The van der Waals surface area contributed by atoms with Gasteiger partial charge in [0.1, 0.15) is 0 Å². The molecule has 0 aromatic rings. The van der Waals surface area contributed by atoms with E-state index in [4.69, 9.17) is 9.47 Å². The monoisotopic (exact) mass is 257 g/mol. The van der Waals surface area contributed by atoms with Gasteiger partial charge in [-0.05, 0) is 32.2 Å². The van der Waals surface area contributed by atoms with Crippen molar-refractivity contribution in [2.75, 3.05) is 46.1 Å². The van der Waals surface area contributed by atoms with Crippen LogP contribution in [0.4, 0.5) is 0 Å². The molecule has 0 aromatic carbocycles. The highest BCUT2D eigenvalue weighted by atomic mass is 16.5. The lowest BCUT2D eigenvalue weighted by Gasteiger charge is -2.38. The van der Waals surface area contributed by atoms with Crippen LogP contribution in [-0.2, 0) is 9.47 Å². The summed E-state index contributed by atoms with van der Waals surface area (Å²) < 4.78 is 11.3. The van der Waals surface area contributed by atoms with Gasteiger partial charge < -0.3 is 19.5 Å². The minimum atomic E-state index is -0.0212. The average molecular weight is 257 g/mol. The van der Waals surface area contributed by atoms with Gasteiger partial charge in [-0.15, -0.1) is 0 Å². The van der Waals surface area contributed by atoms with Gasteiger partial charge in [0.2, 0.25) is 0 Å². The predicted molar refractivity (Wildman–Crippen MR) is 70.7 cm³/mol. The SMILES string of the molecule is CCCOC1CCCN(CC2(CO)CCOC2)C1. The molecule has 2 fully saturated rings. The van der Waals surface area contributed by atoms with E-state index in [0.29, 0.717) is 12.7 Å². The third-order valence-corrected chi connectivity index (χ3v) is 4.10. The fraction of sp³-hybridized carbons (Fsp3) is 1.00. The fourth-order valence-electron chi connectivity index (χ4n) is 3.00. The first-order chi connectivity index (χ1) is 8.78. The summed E-state index contributed by atoms with van der Waals surface area (Å²) in [7, 11) is 0. The van der Waals surface area contributed by atoms with Crippen LogP contribution in [0.1, 0.15) is 32.6 Å². The van der Waals surface area contributed by atoms with Crippen LogP contribution in [0.25, 0.3) is 0 Å². The maximum absolute atomic E-state index is 9.62. The Hall–Kier alpha value is -0.160. The number of rotatable bonds is 6. The Morgan fingerprint density at radius 3 is 3.06 bits per heavy atom. The summed E-state index contributed by atoms with van der Waals surface area (Å²) in [5, 5.41) is 9.62. The van der Waals surface area contributed by atoms with Gasteiger partial charge in [0.25, 0.3) is 0 Å². The second-order valence-electron chi connectivity index (χ2n) is 5.83. The molecule has 0 saturated carbocycles. The molecule has 0 aromatic heterocycles. The fourth-order valence-corrected chi connectivity index (χ4v) is 3.00. The van der Waals surface area contributed by atoms with E-state index in [-0.39, 0.29) is 12.0 Å². The van der Waals surface area contributed by atoms with Crippen LogP contribution in [0.2, 0.25) is 0 Å². The van der Waals surface area contributed by atoms with Crippen LogP contribution in [0.15, 0.2) is 0 Å². The standard InChI is InChI=1S/C14H27NO3/c1-2-7-18-13-4-3-6-15(9-13)10-14(11-16)5-8-17-12-14/h13,16H,2-12H2,1H3. The number of piperidine rings is 1. The van der Waals surface area contributed by atoms with Crippen LogP contribution in [0, 0.1) is 5.41 Å². The minimum absolute atomic E-state index is 0.0212. The number of aliphatic hydroxyl groups is 1. The summed E-state index contributed by atoms with van der Waals surface area (Å²) in [4.78, 5) is 2.45. The van der Waals surface area contributed by atoms with E-state index in [9.17, 15) is 5.11 Å². The molecule has 2 aliphatic rings. The predicted octanol–water partition coefficient (Wildman–Crippen LogP) is 1.28. The summed E-state index contributed by atoms with van der Waals surface area (Å²) in [6.45, 7) is 7.86. The number of likely N-dealkylation sites (tertiary alicyclic amines) is 1. The molecule has 18 heavy (non-hydrogen) atoms. The summed E-state index contributed by atoms with van der Waals surface area (Å²) in [6, 6.07) is 0. The molecule has 106 valence electrons. The molecule has 4 nitrogen and oxygen atoms in total. The van der Waals surface area contributed by atoms with Crippen LogP contribution >= 0.6 is 0 Å². The first-order valence-electron chi connectivity index (χ1n) is 7.30. The van der Waals surface area contributed by atoms with Crippen molar-refractivity contribution in [3.63, 3.8) is 0 Å². The van der Waals surface area contributed by atoms with E-state index >= 15 is 0 Å². The van der Waals surface area contributed by atoms with Crippen molar-refractivity contribution in [1.82, 2.24) is 4.90 Å². The molecule has 0 aliphatic carbocycles. The lowest BCUT2D eigenvalue weighted by Crippen LogP contribution is -2.47. The van der Waals surface area contributed by atoms with Crippen molar-refractivity contribution < 1.29 is 14.6 Å². The van der Waals surface area contributed by atoms with E-state index < -0.39 is 0 Å². The Morgan fingerprint density at radius 1 is 1.50 bits per heavy atom. The topological polar surface area (TPSA) is 41.9 Å². The van der Waals surface area contributed by atoms with E-state index in [1.54, 1.807) is 0 Å². The lowest BCUT2D eigenvalue weighted by atomic mass is 9.87. The van der Waals surface area contributed by atoms with Crippen molar-refractivity contribution in [3.05, 3.63) is 0 Å². The normalized spacial score (nSPS) is 34.0. The van der Waals surface area contributed by atoms with Gasteiger partial charge in [0, 0.05) is 31.7 Å². The largest absolute Gasteiger partial charge is 0.396 e. The Labute approximate surface area is 110 Å². The third kappa shape index (κ3) is 3.67. The highest BCUT2D eigenvalue weighted by Crippen LogP contribution is 2.30. The number of nitrogens with zero attached hydrogens (tertiary/aromatic N) is 1. The highest BCUT2D eigenvalue weighted by Gasteiger charge is 2.37. The van der Waals surface area contributed by atoms with Crippen molar-refractivity contribution in [1.29, 1.82) is 0 Å². The van der Waals surface area contributed by atoms with Gasteiger partial charge in [-0.1, -0.05) is 6.92 Å². The van der Waals surface area contributed by atoms with Gasteiger partial charge in [0.15, 0.2) is 0 Å². The highest BCUT2D eigenvalue weighted by molar-refractivity contribution is 4.87. The van der Waals surface area contributed by atoms with Gasteiger partial charge >= 0.3 is 0 Å². The van der Waals surface area contributed by atoms with Crippen molar-refractivity contribution >= 4 is 0 Å². The lowest BCUT2D eigenvalue weighted by molar-refractivity contribution is -0.0208. The third-order valence-electron chi connectivity index (χ3n) is 4.10. The van der Waals surface area contributed by atoms with E-state index in [1.165, 1.54) is 12.8 Å². The number of aliphatic hydroxyl groups excluding tert-OH is 1. The second-order valence-corrected chi connectivity index (χ2v) is 5.83. The zero-order valence-corrected chi connectivity index (χ0v) is 11.6. The van der Waals surface area contributed by atoms with Gasteiger partial charge in [-0.25, -0.2) is 0 Å². The van der Waals surface area contributed by atoms with Crippen LogP contribution in [0.5, 0.6) is 0 Å². The molecule has 0 radical (unpaired) electrons. The molecular weight excluding hydrogens is 230 g/mol. The molecule has 4 heteroatoms. The number of hydrogen-bond donors (Lipinski definition) is 1. The molecule has 2 saturated heterocycles. The molecule has 0 spiro atoms. The van der Waals surface area contributed by atoms with Crippen LogP contribution < -0.4 is 0 Å². The van der Waals surface area contributed by atoms with E-state index in [0.717, 1.165) is 45.7 Å². The molecule has 2 atom stereocenters. The Bertz CT molecular complexity index is 241. The average Bonchev–Trinajstić information content (AvgIpc) is 2.86. The first-order valence-corrected chi connectivity index (χ1v) is 7.30. The molecule has 2 heterocycles.